The molecule has 6 nitrogen and oxygen atoms in total. The molecule has 0 heterocycles. The topological polar surface area (TPSA) is 112 Å². The number of rotatable bonds is 6. The van der Waals surface area contributed by atoms with Crippen LogP contribution in [0.1, 0.15) is 97.6 Å². The Labute approximate surface area is 203 Å². The molecule has 0 aliphatic heterocycles. The van der Waals surface area contributed by atoms with Gasteiger partial charge in [0, 0.05) is 0 Å². The summed E-state index contributed by atoms with van der Waals surface area (Å²) < 4.78 is 0. The summed E-state index contributed by atoms with van der Waals surface area (Å²) in [7, 11) is 0. The third kappa shape index (κ3) is 5.43. The molecule has 3 aromatic carbocycles. The van der Waals surface area contributed by atoms with Gasteiger partial charge in [0.2, 0.25) is 0 Å². The average Bonchev–Trinajstić information content (AvgIpc) is 2.84. The summed E-state index contributed by atoms with van der Waals surface area (Å²) >= 11 is 0. The molecule has 0 radical (unpaired) electrons. The number of hydrogen-bond acceptors (Lipinski definition) is 3. The van der Waals surface area contributed by atoms with Crippen LogP contribution < -0.4 is 0 Å². The highest BCUT2D eigenvalue weighted by Gasteiger charge is 2.34. The molecule has 0 aromatic heterocycles. The van der Waals surface area contributed by atoms with Gasteiger partial charge in [-0.2, -0.15) is 0 Å². The zero-order chi connectivity index (χ0) is 24.9. The Morgan fingerprint density at radius 2 is 0.800 bits per heavy atom. The van der Waals surface area contributed by atoms with Gasteiger partial charge >= 0.3 is 17.9 Å². The number of carboxylic acids is 3. The second-order valence-corrected chi connectivity index (χ2v) is 9.16. The predicted octanol–water partition coefficient (Wildman–Crippen LogP) is 6.40. The summed E-state index contributed by atoms with van der Waals surface area (Å²) in [4.78, 5) is 34.2. The quantitative estimate of drug-likeness (QED) is 0.383. The minimum Gasteiger partial charge on any atom is -0.478 e. The maximum Gasteiger partial charge on any atom is 0.335 e. The summed E-state index contributed by atoms with van der Waals surface area (Å²) in [5.41, 5.74) is 3.83. The second kappa shape index (κ2) is 10.6. The molecule has 0 spiro atoms. The van der Waals surface area contributed by atoms with Crippen LogP contribution in [0.4, 0.5) is 0 Å². The lowest BCUT2D eigenvalue weighted by Gasteiger charge is -2.37. The Morgan fingerprint density at radius 3 is 1.11 bits per heavy atom. The Morgan fingerprint density at radius 1 is 0.486 bits per heavy atom. The van der Waals surface area contributed by atoms with Crippen LogP contribution >= 0.6 is 0 Å². The molecule has 180 valence electrons. The molecule has 0 amide bonds. The van der Waals surface area contributed by atoms with E-state index in [-0.39, 0.29) is 34.4 Å². The SMILES string of the molecule is O=C(O)c1ccc(C2CCCCCC(c3ccc(C(=O)O)cc3)C2c2ccc(C(=O)O)cc2)cc1. The molecule has 2 atom stereocenters. The molecule has 3 N–H and O–H groups in total. The van der Waals surface area contributed by atoms with E-state index in [0.717, 1.165) is 48.8 Å². The monoisotopic (exact) mass is 472 g/mol. The van der Waals surface area contributed by atoms with Crippen LogP contribution in [0.15, 0.2) is 72.8 Å². The molecule has 0 bridgehead atoms. The first-order valence-electron chi connectivity index (χ1n) is 11.8. The molecule has 1 aliphatic rings. The Kier molecular flexibility index (Phi) is 7.30. The van der Waals surface area contributed by atoms with E-state index in [1.165, 1.54) is 0 Å². The van der Waals surface area contributed by atoms with E-state index in [2.05, 4.69) is 0 Å². The van der Waals surface area contributed by atoms with Crippen molar-refractivity contribution in [3.05, 3.63) is 106 Å². The summed E-state index contributed by atoms with van der Waals surface area (Å²) in [6.45, 7) is 0. The number of carboxylic acid groups (broad SMARTS) is 3. The van der Waals surface area contributed by atoms with Crippen molar-refractivity contribution >= 4 is 17.9 Å². The minimum absolute atomic E-state index is 0.0181. The zero-order valence-corrected chi connectivity index (χ0v) is 19.3. The number of aromatic carboxylic acids is 3. The van der Waals surface area contributed by atoms with Crippen LogP contribution in [0.3, 0.4) is 0 Å². The highest BCUT2D eigenvalue weighted by molar-refractivity contribution is 5.88. The lowest BCUT2D eigenvalue weighted by Crippen LogP contribution is -2.22. The van der Waals surface area contributed by atoms with Gasteiger partial charge in [0.1, 0.15) is 0 Å². The molecule has 1 aliphatic carbocycles. The standard InChI is InChI=1S/C29H28O6/c30-27(31)21-12-6-18(7-13-21)24-4-2-1-3-5-25(19-8-14-22(15-9-19)28(32)33)26(24)20-10-16-23(17-11-20)29(34)35/h6-17,24-26H,1-5H2,(H,30,31)(H,32,33)(H,34,35). The largest absolute Gasteiger partial charge is 0.478 e. The van der Waals surface area contributed by atoms with Gasteiger partial charge in [-0.3, -0.25) is 0 Å². The van der Waals surface area contributed by atoms with Crippen LogP contribution in [0.25, 0.3) is 0 Å². The van der Waals surface area contributed by atoms with Crippen molar-refractivity contribution in [1.82, 2.24) is 0 Å². The van der Waals surface area contributed by atoms with E-state index in [0.29, 0.717) is 0 Å². The third-order valence-electron chi connectivity index (χ3n) is 7.11. The number of benzene rings is 3. The second-order valence-electron chi connectivity index (χ2n) is 9.16. The molecule has 1 saturated carbocycles. The van der Waals surface area contributed by atoms with E-state index in [1.807, 2.05) is 36.4 Å². The van der Waals surface area contributed by atoms with Crippen molar-refractivity contribution in [2.75, 3.05) is 0 Å². The summed E-state index contributed by atoms with van der Waals surface area (Å²) in [5.74, 6) is -2.70. The average molecular weight is 473 g/mol. The van der Waals surface area contributed by atoms with E-state index < -0.39 is 17.9 Å². The maximum atomic E-state index is 11.4. The van der Waals surface area contributed by atoms with E-state index in [4.69, 9.17) is 0 Å². The van der Waals surface area contributed by atoms with E-state index in [1.54, 1.807) is 36.4 Å². The van der Waals surface area contributed by atoms with Crippen molar-refractivity contribution in [3.63, 3.8) is 0 Å². The van der Waals surface area contributed by atoms with E-state index in [9.17, 15) is 29.7 Å². The molecular weight excluding hydrogens is 444 g/mol. The lowest BCUT2D eigenvalue weighted by molar-refractivity contribution is 0.0686. The fourth-order valence-corrected chi connectivity index (χ4v) is 5.35. The van der Waals surface area contributed by atoms with E-state index >= 15 is 0 Å². The van der Waals surface area contributed by atoms with Gasteiger partial charge in [-0.1, -0.05) is 55.7 Å². The number of hydrogen-bond donors (Lipinski definition) is 3. The van der Waals surface area contributed by atoms with Crippen LogP contribution in [-0.2, 0) is 0 Å². The molecule has 2 unspecified atom stereocenters. The van der Waals surface area contributed by atoms with Gasteiger partial charge in [-0.05, 0) is 83.7 Å². The summed E-state index contributed by atoms with van der Waals surface area (Å²) in [5, 5.41) is 28.0. The van der Waals surface area contributed by atoms with Crippen molar-refractivity contribution in [2.24, 2.45) is 0 Å². The van der Waals surface area contributed by atoms with Crippen LogP contribution in [-0.4, -0.2) is 33.2 Å². The smallest absolute Gasteiger partial charge is 0.335 e. The highest BCUT2D eigenvalue weighted by Crippen LogP contribution is 2.49. The molecular formula is C29H28O6. The molecule has 0 saturated heterocycles. The fraction of sp³-hybridized carbons (Fsp3) is 0.276. The van der Waals surface area contributed by atoms with Crippen molar-refractivity contribution in [2.45, 2.75) is 49.9 Å². The normalized spacial score (nSPS) is 20.4. The minimum atomic E-state index is -0.976. The Hall–Kier alpha value is -3.93. The molecule has 1 fully saturated rings. The summed E-state index contributed by atoms with van der Waals surface area (Å²) in [6.07, 6.45) is 5.00. The first kappa shape index (κ1) is 24.2. The lowest BCUT2D eigenvalue weighted by atomic mass is 9.67. The van der Waals surface area contributed by atoms with Crippen molar-refractivity contribution in [3.8, 4) is 0 Å². The Bertz CT molecular complexity index is 1130. The van der Waals surface area contributed by atoms with Crippen LogP contribution in [0, 0.1) is 0 Å². The number of carbonyl (C=O) groups is 3. The zero-order valence-electron chi connectivity index (χ0n) is 19.3. The van der Waals surface area contributed by atoms with Gasteiger partial charge in [0.05, 0.1) is 16.7 Å². The predicted molar refractivity (Wildman–Crippen MR) is 132 cm³/mol. The van der Waals surface area contributed by atoms with Crippen molar-refractivity contribution < 1.29 is 29.7 Å². The molecule has 35 heavy (non-hydrogen) atoms. The van der Waals surface area contributed by atoms with Crippen LogP contribution in [0.2, 0.25) is 0 Å². The first-order chi connectivity index (χ1) is 16.8. The van der Waals surface area contributed by atoms with Gasteiger partial charge in [-0.25, -0.2) is 14.4 Å². The first-order valence-corrected chi connectivity index (χ1v) is 11.8. The fourth-order valence-electron chi connectivity index (χ4n) is 5.35. The van der Waals surface area contributed by atoms with Gasteiger partial charge in [0.15, 0.2) is 0 Å². The third-order valence-corrected chi connectivity index (χ3v) is 7.11. The Balaban J connectivity index is 1.82. The highest BCUT2D eigenvalue weighted by atomic mass is 16.4. The van der Waals surface area contributed by atoms with Gasteiger partial charge < -0.3 is 15.3 Å². The van der Waals surface area contributed by atoms with Crippen LogP contribution in [0.5, 0.6) is 0 Å². The maximum absolute atomic E-state index is 11.4. The molecule has 3 aromatic rings. The van der Waals surface area contributed by atoms with Gasteiger partial charge in [0.25, 0.3) is 0 Å². The molecule has 4 rings (SSSR count). The van der Waals surface area contributed by atoms with Crippen molar-refractivity contribution in [1.29, 1.82) is 0 Å². The molecule has 6 heteroatoms. The van der Waals surface area contributed by atoms with Gasteiger partial charge in [-0.15, -0.1) is 0 Å². The summed E-state index contributed by atoms with van der Waals surface area (Å²) in [6, 6.07) is 21.1.